The minimum atomic E-state index is -4.65. The Morgan fingerprint density at radius 3 is 2.61 bits per heavy atom. The van der Waals surface area contributed by atoms with Crippen molar-refractivity contribution >= 4 is 23.4 Å². The zero-order valence-corrected chi connectivity index (χ0v) is 18.0. The van der Waals surface area contributed by atoms with Gasteiger partial charge in [-0.1, -0.05) is 11.6 Å². The molecule has 31 heavy (non-hydrogen) atoms. The fraction of sp³-hybridized carbons (Fsp3) is 0.450. The van der Waals surface area contributed by atoms with Gasteiger partial charge in [-0.3, -0.25) is 9.48 Å². The topological polar surface area (TPSA) is 67.7 Å². The molecule has 0 atom stereocenters. The lowest BCUT2D eigenvalue weighted by atomic mass is 10.0. The number of carbonyl (C=O) groups is 2. The third kappa shape index (κ3) is 4.95. The average molecular weight is 459 g/mol. The molecule has 2 amide bonds. The number of urea groups is 1. The maximum absolute atomic E-state index is 13.5. The number of carbonyl (C=O) groups excluding carboxylic acids is 2. The number of methoxy groups -OCH3 is 1. The maximum Gasteiger partial charge on any atom is 0.435 e. The molecule has 0 N–H and O–H groups in total. The summed E-state index contributed by atoms with van der Waals surface area (Å²) in [4.78, 5) is 27.8. The van der Waals surface area contributed by atoms with Gasteiger partial charge in [-0.25, -0.2) is 4.79 Å². The predicted molar refractivity (Wildman–Crippen MR) is 107 cm³/mol. The Morgan fingerprint density at radius 2 is 2.00 bits per heavy atom. The van der Waals surface area contributed by atoms with Crippen LogP contribution >= 0.6 is 11.6 Å². The van der Waals surface area contributed by atoms with Crippen LogP contribution in [0.1, 0.15) is 22.5 Å². The van der Waals surface area contributed by atoms with Gasteiger partial charge < -0.3 is 14.5 Å². The molecule has 0 fully saturated rings. The summed E-state index contributed by atoms with van der Waals surface area (Å²) >= 11 is 5.99. The number of ether oxygens (including phenoxy) is 1. The second-order valence-corrected chi connectivity index (χ2v) is 7.89. The van der Waals surface area contributed by atoms with Crippen LogP contribution in [0.5, 0.6) is 5.75 Å². The molecule has 1 aromatic heterocycles. The highest BCUT2D eigenvalue weighted by molar-refractivity contribution is 6.30. The van der Waals surface area contributed by atoms with Crippen molar-refractivity contribution in [3.05, 3.63) is 45.7 Å². The number of amides is 2. The molecule has 1 aromatic carbocycles. The van der Waals surface area contributed by atoms with Crippen LogP contribution in [-0.2, 0) is 36.9 Å². The van der Waals surface area contributed by atoms with Crippen LogP contribution in [-0.4, -0.2) is 59.1 Å². The van der Waals surface area contributed by atoms with Gasteiger partial charge in [0, 0.05) is 43.2 Å². The predicted octanol–water partition coefficient (Wildman–Crippen LogP) is 3.42. The molecule has 1 aliphatic rings. The number of rotatable bonds is 5. The summed E-state index contributed by atoms with van der Waals surface area (Å²) in [5.74, 6) is 0.0923. The van der Waals surface area contributed by atoms with Crippen molar-refractivity contribution in [3.63, 3.8) is 0 Å². The summed E-state index contributed by atoms with van der Waals surface area (Å²) in [6.45, 7) is -0.270. The van der Waals surface area contributed by atoms with Crippen LogP contribution in [0.2, 0.25) is 5.02 Å². The van der Waals surface area contributed by atoms with E-state index in [0.717, 1.165) is 4.68 Å². The molecule has 7 nitrogen and oxygen atoms in total. The molecule has 0 radical (unpaired) electrons. The molecule has 0 aliphatic carbocycles. The molecule has 11 heteroatoms. The standard InChI is InChI=1S/C20H22ClF3N4O3/c1-26(2)19(30)27-7-6-15-16(11-27)28(25-18(15)20(22,23)24)10-14(29)9-12-8-13(21)4-5-17(12)31-3/h4-5,8H,6-7,9-11H2,1-3H3. The Hall–Kier alpha value is -2.75. The lowest BCUT2D eigenvalue weighted by Gasteiger charge is -2.30. The van der Waals surface area contributed by atoms with Crippen molar-refractivity contribution in [1.82, 2.24) is 19.6 Å². The summed E-state index contributed by atoms with van der Waals surface area (Å²) in [6.07, 6.45) is -4.72. The number of aromatic nitrogens is 2. The molecule has 3 rings (SSSR count). The van der Waals surface area contributed by atoms with Crippen LogP contribution in [0.3, 0.4) is 0 Å². The normalized spacial score (nSPS) is 13.7. The summed E-state index contributed by atoms with van der Waals surface area (Å²) < 4.78 is 46.8. The van der Waals surface area contributed by atoms with E-state index in [2.05, 4.69) is 5.10 Å². The van der Waals surface area contributed by atoms with Gasteiger partial charge in [0.1, 0.15) is 12.3 Å². The second kappa shape index (κ2) is 8.78. The quantitative estimate of drug-likeness (QED) is 0.688. The highest BCUT2D eigenvalue weighted by Gasteiger charge is 2.41. The Balaban J connectivity index is 1.89. The number of benzene rings is 1. The lowest BCUT2D eigenvalue weighted by molar-refractivity contribution is -0.142. The first-order valence-electron chi connectivity index (χ1n) is 9.47. The number of hydrogen-bond acceptors (Lipinski definition) is 4. The highest BCUT2D eigenvalue weighted by Crippen LogP contribution is 2.35. The van der Waals surface area contributed by atoms with E-state index in [1.165, 1.54) is 16.9 Å². The molecule has 0 bridgehead atoms. The molecular weight excluding hydrogens is 437 g/mol. The van der Waals surface area contributed by atoms with E-state index in [0.29, 0.717) is 16.3 Å². The molecule has 0 saturated carbocycles. The van der Waals surface area contributed by atoms with Gasteiger partial charge in [-0.15, -0.1) is 0 Å². The number of hydrogen-bond donors (Lipinski definition) is 0. The van der Waals surface area contributed by atoms with Gasteiger partial charge in [0.25, 0.3) is 0 Å². The molecule has 1 aliphatic heterocycles. The molecule has 2 heterocycles. The fourth-order valence-electron chi connectivity index (χ4n) is 3.61. The van der Waals surface area contributed by atoms with Gasteiger partial charge in [0.2, 0.25) is 0 Å². The van der Waals surface area contributed by atoms with Crippen LogP contribution in [0.25, 0.3) is 0 Å². The Labute approximate surface area is 182 Å². The van der Waals surface area contributed by atoms with E-state index < -0.39 is 11.9 Å². The third-order valence-electron chi connectivity index (χ3n) is 5.02. The summed E-state index contributed by atoms with van der Waals surface area (Å²) in [5.41, 5.74) is -0.224. The SMILES string of the molecule is COc1ccc(Cl)cc1CC(=O)Cn1nc(C(F)(F)F)c2c1CN(C(=O)N(C)C)CC2. The zero-order valence-electron chi connectivity index (χ0n) is 17.3. The van der Waals surface area contributed by atoms with Gasteiger partial charge in [-0.2, -0.15) is 18.3 Å². The first kappa shape index (κ1) is 22.9. The van der Waals surface area contributed by atoms with E-state index in [-0.39, 0.29) is 55.5 Å². The van der Waals surface area contributed by atoms with Crippen molar-refractivity contribution < 1.29 is 27.5 Å². The van der Waals surface area contributed by atoms with Crippen molar-refractivity contribution in [3.8, 4) is 5.75 Å². The summed E-state index contributed by atoms with van der Waals surface area (Å²) in [5, 5.41) is 4.12. The van der Waals surface area contributed by atoms with Gasteiger partial charge in [0.15, 0.2) is 11.5 Å². The van der Waals surface area contributed by atoms with E-state index in [4.69, 9.17) is 16.3 Å². The smallest absolute Gasteiger partial charge is 0.435 e. The molecule has 2 aromatic rings. The Bertz CT molecular complexity index is 1000. The lowest BCUT2D eigenvalue weighted by Crippen LogP contribution is -2.42. The largest absolute Gasteiger partial charge is 0.496 e. The van der Waals surface area contributed by atoms with Crippen LogP contribution < -0.4 is 4.74 Å². The van der Waals surface area contributed by atoms with Crippen LogP contribution in [0.15, 0.2) is 18.2 Å². The fourth-order valence-corrected chi connectivity index (χ4v) is 3.80. The third-order valence-corrected chi connectivity index (χ3v) is 5.25. The number of fused-ring (bicyclic) bond motifs is 1. The van der Waals surface area contributed by atoms with E-state index in [9.17, 15) is 22.8 Å². The van der Waals surface area contributed by atoms with E-state index in [1.54, 1.807) is 32.3 Å². The number of alkyl halides is 3. The summed E-state index contributed by atoms with van der Waals surface area (Å²) in [7, 11) is 4.59. The number of ketones is 1. The number of nitrogens with zero attached hydrogens (tertiary/aromatic N) is 4. The van der Waals surface area contributed by atoms with Gasteiger partial charge in [-0.05, 0) is 24.6 Å². The minimum absolute atomic E-state index is 0.0140. The summed E-state index contributed by atoms with van der Waals surface area (Å²) in [6, 6.07) is 4.49. The number of halogens is 4. The minimum Gasteiger partial charge on any atom is -0.496 e. The van der Waals surface area contributed by atoms with Crippen molar-refractivity contribution in [2.75, 3.05) is 27.7 Å². The van der Waals surface area contributed by atoms with Crippen molar-refractivity contribution in [2.24, 2.45) is 0 Å². The highest BCUT2D eigenvalue weighted by atomic mass is 35.5. The van der Waals surface area contributed by atoms with Crippen LogP contribution in [0, 0.1) is 0 Å². The first-order valence-corrected chi connectivity index (χ1v) is 9.85. The van der Waals surface area contributed by atoms with Crippen molar-refractivity contribution in [1.29, 1.82) is 0 Å². The molecular formula is C20H22ClF3N4O3. The van der Waals surface area contributed by atoms with Crippen LogP contribution in [0.4, 0.5) is 18.0 Å². The average Bonchev–Trinajstić information content (AvgIpc) is 3.05. The van der Waals surface area contributed by atoms with E-state index >= 15 is 0 Å². The monoisotopic (exact) mass is 458 g/mol. The molecule has 0 spiro atoms. The van der Waals surface area contributed by atoms with E-state index in [1.807, 2.05) is 0 Å². The molecule has 168 valence electrons. The number of Topliss-reactive ketones (excluding diaryl/α,β-unsaturated/α-hetero) is 1. The van der Waals surface area contributed by atoms with Gasteiger partial charge >= 0.3 is 12.2 Å². The van der Waals surface area contributed by atoms with Crippen molar-refractivity contribution in [2.45, 2.75) is 32.1 Å². The molecule has 0 saturated heterocycles. The molecule has 0 unspecified atom stereocenters. The Kier molecular flexibility index (Phi) is 6.49. The maximum atomic E-state index is 13.5. The zero-order chi connectivity index (χ0) is 22.9. The van der Waals surface area contributed by atoms with Gasteiger partial charge in [0.05, 0.1) is 19.3 Å². The second-order valence-electron chi connectivity index (χ2n) is 7.45. The first-order chi connectivity index (χ1) is 14.5. The Morgan fingerprint density at radius 1 is 1.29 bits per heavy atom.